The Kier molecular flexibility index (Phi) is 3.06. The molecule has 2 rings (SSSR count). The van der Waals surface area contributed by atoms with Crippen LogP contribution in [0.1, 0.15) is 19.1 Å². The van der Waals surface area contributed by atoms with Gasteiger partial charge in [0.15, 0.2) is 0 Å². The van der Waals surface area contributed by atoms with Gasteiger partial charge in [-0.25, -0.2) is 4.39 Å². The maximum absolute atomic E-state index is 13.0. The lowest BCUT2D eigenvalue weighted by Crippen LogP contribution is -1.95. The predicted octanol–water partition coefficient (Wildman–Crippen LogP) is 3.32. The number of allylic oxidation sites excluding steroid dienone is 1. The van der Waals surface area contributed by atoms with Crippen LogP contribution in [0.4, 0.5) is 4.39 Å². The third-order valence-corrected chi connectivity index (χ3v) is 2.48. The Morgan fingerprint density at radius 1 is 1.44 bits per heavy atom. The van der Waals surface area contributed by atoms with E-state index < -0.39 is 0 Å². The van der Waals surface area contributed by atoms with Crippen LogP contribution < -0.4 is 5.73 Å². The van der Waals surface area contributed by atoms with Gasteiger partial charge in [0.1, 0.15) is 17.2 Å². The molecule has 2 aromatic rings. The van der Waals surface area contributed by atoms with Crippen molar-refractivity contribution in [3.63, 3.8) is 0 Å². The second-order valence-electron chi connectivity index (χ2n) is 3.76. The number of furan rings is 1. The van der Waals surface area contributed by atoms with Gasteiger partial charge in [0.05, 0.1) is 0 Å². The molecule has 0 spiro atoms. The molecular weight excluding hydrogens is 205 g/mol. The highest BCUT2D eigenvalue weighted by atomic mass is 19.1. The molecule has 0 aliphatic heterocycles. The van der Waals surface area contributed by atoms with E-state index >= 15 is 0 Å². The number of hydrogen-bond donors (Lipinski definition) is 1. The average Bonchev–Trinajstić information content (AvgIpc) is 2.68. The largest absolute Gasteiger partial charge is 0.456 e. The molecule has 1 aromatic carbocycles. The van der Waals surface area contributed by atoms with Crippen molar-refractivity contribution in [2.45, 2.75) is 13.3 Å². The van der Waals surface area contributed by atoms with Crippen molar-refractivity contribution >= 4 is 16.5 Å². The van der Waals surface area contributed by atoms with Gasteiger partial charge in [0.25, 0.3) is 0 Å². The summed E-state index contributed by atoms with van der Waals surface area (Å²) < 4.78 is 18.6. The molecule has 16 heavy (non-hydrogen) atoms. The third kappa shape index (κ3) is 2.14. The van der Waals surface area contributed by atoms with Crippen molar-refractivity contribution < 1.29 is 8.81 Å². The third-order valence-electron chi connectivity index (χ3n) is 2.48. The van der Waals surface area contributed by atoms with Crippen molar-refractivity contribution in [2.75, 3.05) is 6.54 Å². The van der Waals surface area contributed by atoms with E-state index in [1.165, 1.54) is 12.1 Å². The Morgan fingerprint density at radius 3 is 3.00 bits per heavy atom. The lowest BCUT2D eigenvalue weighted by Gasteiger charge is -1.94. The smallest absolute Gasteiger partial charge is 0.135 e. The quantitative estimate of drug-likeness (QED) is 0.860. The summed E-state index contributed by atoms with van der Waals surface area (Å²) in [7, 11) is 0. The molecule has 1 aromatic heterocycles. The molecule has 0 amide bonds. The van der Waals surface area contributed by atoms with Gasteiger partial charge in [-0.1, -0.05) is 6.08 Å². The van der Waals surface area contributed by atoms with Crippen LogP contribution in [0.15, 0.2) is 34.8 Å². The summed E-state index contributed by atoms with van der Waals surface area (Å²) in [6.45, 7) is 2.58. The highest BCUT2D eigenvalue weighted by Gasteiger charge is 2.05. The first-order valence-corrected chi connectivity index (χ1v) is 5.27. The zero-order valence-electron chi connectivity index (χ0n) is 9.16. The van der Waals surface area contributed by atoms with Crippen LogP contribution in [0.5, 0.6) is 0 Å². The molecule has 0 unspecified atom stereocenters. The van der Waals surface area contributed by atoms with Crippen molar-refractivity contribution in [1.29, 1.82) is 0 Å². The van der Waals surface area contributed by atoms with Crippen LogP contribution in [0.2, 0.25) is 0 Å². The van der Waals surface area contributed by atoms with Gasteiger partial charge < -0.3 is 10.2 Å². The molecule has 0 bridgehead atoms. The lowest BCUT2D eigenvalue weighted by atomic mass is 10.2. The van der Waals surface area contributed by atoms with E-state index in [9.17, 15) is 4.39 Å². The molecule has 0 atom stereocenters. The Hall–Kier alpha value is -1.61. The predicted molar refractivity (Wildman–Crippen MR) is 63.5 cm³/mol. The average molecular weight is 219 g/mol. The van der Waals surface area contributed by atoms with E-state index in [1.807, 2.05) is 19.1 Å². The Labute approximate surface area is 93.5 Å². The maximum Gasteiger partial charge on any atom is 0.135 e. The van der Waals surface area contributed by atoms with Gasteiger partial charge >= 0.3 is 0 Å². The first-order valence-electron chi connectivity index (χ1n) is 5.27. The van der Waals surface area contributed by atoms with E-state index in [1.54, 1.807) is 6.07 Å². The first kappa shape index (κ1) is 10.9. The minimum atomic E-state index is -0.247. The fourth-order valence-corrected chi connectivity index (χ4v) is 1.61. The van der Waals surface area contributed by atoms with Crippen LogP contribution in [-0.4, -0.2) is 6.54 Å². The molecule has 0 aliphatic rings. The Morgan fingerprint density at radius 2 is 2.25 bits per heavy atom. The van der Waals surface area contributed by atoms with Crippen LogP contribution in [0, 0.1) is 5.82 Å². The van der Waals surface area contributed by atoms with Crippen molar-refractivity contribution in [3.05, 3.63) is 41.9 Å². The number of fused-ring (bicyclic) bond motifs is 1. The molecule has 2 nitrogen and oxygen atoms in total. The first-order chi connectivity index (χ1) is 7.70. The van der Waals surface area contributed by atoms with Crippen LogP contribution >= 0.6 is 0 Å². The minimum absolute atomic E-state index is 0.247. The number of halogens is 1. The summed E-state index contributed by atoms with van der Waals surface area (Å²) in [6, 6.07) is 6.36. The van der Waals surface area contributed by atoms with Gasteiger partial charge in [-0.15, -0.1) is 0 Å². The summed E-state index contributed by atoms with van der Waals surface area (Å²) in [6.07, 6.45) is 2.84. The van der Waals surface area contributed by atoms with E-state index in [0.717, 1.165) is 23.1 Å². The molecule has 0 radical (unpaired) electrons. The summed E-state index contributed by atoms with van der Waals surface area (Å²) in [5.74, 6) is 0.525. The molecule has 2 N–H and O–H groups in total. The number of hydrogen-bond acceptors (Lipinski definition) is 2. The second kappa shape index (κ2) is 4.49. The summed E-state index contributed by atoms with van der Waals surface area (Å²) in [5, 5.41) is 0.787. The highest BCUT2D eigenvalue weighted by molar-refractivity contribution is 5.81. The van der Waals surface area contributed by atoms with Crippen LogP contribution in [-0.2, 0) is 0 Å². The van der Waals surface area contributed by atoms with E-state index in [2.05, 4.69) is 0 Å². The molecule has 0 saturated carbocycles. The summed E-state index contributed by atoms with van der Waals surface area (Å²) in [4.78, 5) is 0. The van der Waals surface area contributed by atoms with Gasteiger partial charge in [-0.2, -0.15) is 0 Å². The van der Waals surface area contributed by atoms with E-state index in [-0.39, 0.29) is 5.82 Å². The topological polar surface area (TPSA) is 39.2 Å². The Balaban J connectivity index is 2.39. The fraction of sp³-hybridized carbons (Fsp3) is 0.231. The monoisotopic (exact) mass is 219 g/mol. The molecule has 1 heterocycles. The maximum atomic E-state index is 13.0. The van der Waals surface area contributed by atoms with E-state index in [4.69, 9.17) is 10.2 Å². The normalized spacial score (nSPS) is 12.3. The SMILES string of the molecule is C/C(=C/CCN)c1cc2cc(F)ccc2o1. The fourth-order valence-electron chi connectivity index (χ4n) is 1.61. The van der Waals surface area contributed by atoms with Crippen molar-refractivity contribution in [2.24, 2.45) is 5.73 Å². The molecule has 3 heteroatoms. The summed E-state index contributed by atoms with van der Waals surface area (Å²) >= 11 is 0. The van der Waals surface area contributed by atoms with Crippen LogP contribution in [0.3, 0.4) is 0 Å². The number of nitrogens with two attached hydrogens (primary N) is 1. The summed E-state index contributed by atoms with van der Waals surface area (Å²) in [5.41, 5.74) is 7.16. The Bertz CT molecular complexity index is 528. The molecule has 0 fully saturated rings. The highest BCUT2D eigenvalue weighted by Crippen LogP contribution is 2.25. The van der Waals surface area contributed by atoms with E-state index in [0.29, 0.717) is 12.1 Å². The second-order valence-corrected chi connectivity index (χ2v) is 3.76. The van der Waals surface area contributed by atoms with Gasteiger partial charge in [-0.05, 0) is 49.7 Å². The number of rotatable bonds is 3. The number of benzene rings is 1. The van der Waals surface area contributed by atoms with Gasteiger partial charge in [0.2, 0.25) is 0 Å². The molecule has 84 valence electrons. The van der Waals surface area contributed by atoms with Gasteiger partial charge in [-0.3, -0.25) is 0 Å². The van der Waals surface area contributed by atoms with Crippen LogP contribution in [0.25, 0.3) is 16.5 Å². The van der Waals surface area contributed by atoms with Crippen molar-refractivity contribution in [1.82, 2.24) is 0 Å². The molecule has 0 aliphatic carbocycles. The molecule has 0 saturated heterocycles. The minimum Gasteiger partial charge on any atom is -0.456 e. The van der Waals surface area contributed by atoms with Gasteiger partial charge in [0, 0.05) is 5.39 Å². The molecular formula is C13H14FNO. The van der Waals surface area contributed by atoms with Crippen molar-refractivity contribution in [3.8, 4) is 0 Å². The standard InChI is InChI=1S/C13H14FNO/c1-9(3-2-6-15)13-8-10-7-11(14)4-5-12(10)16-13/h3-5,7-8H,2,6,15H2,1H3/b9-3-. The zero-order valence-corrected chi connectivity index (χ0v) is 9.16. The zero-order chi connectivity index (χ0) is 11.5. The lowest BCUT2D eigenvalue weighted by molar-refractivity contribution is 0.595.